The Bertz CT molecular complexity index is 921. The summed E-state index contributed by atoms with van der Waals surface area (Å²) in [6, 6.07) is 16.3. The number of amides is 1. The first-order valence-corrected chi connectivity index (χ1v) is 9.22. The van der Waals surface area contributed by atoms with E-state index in [4.69, 9.17) is 9.72 Å². The second kappa shape index (κ2) is 7.92. The molecule has 0 spiro atoms. The molecule has 3 aromatic rings. The number of benzene rings is 2. The van der Waals surface area contributed by atoms with E-state index < -0.39 is 0 Å². The monoisotopic (exact) mass is 365 g/mol. The van der Waals surface area contributed by atoms with Crippen molar-refractivity contribution in [3.63, 3.8) is 0 Å². The topological polar surface area (TPSA) is 56.1 Å². The molecule has 0 aliphatic heterocycles. The Kier molecular flexibility index (Phi) is 5.61. The average Bonchev–Trinajstić information content (AvgIpc) is 3.00. The summed E-state index contributed by atoms with van der Waals surface area (Å²) in [4.78, 5) is 17.2. The van der Waals surface area contributed by atoms with E-state index in [0.717, 1.165) is 22.4 Å². The van der Waals surface area contributed by atoms with E-state index in [0.29, 0.717) is 13.2 Å². The lowest BCUT2D eigenvalue weighted by Crippen LogP contribution is -2.30. The lowest BCUT2D eigenvalue weighted by atomic mass is 9.87. The van der Waals surface area contributed by atoms with E-state index in [1.165, 1.54) is 5.56 Å². The maximum absolute atomic E-state index is 12.4. The molecule has 0 atom stereocenters. The van der Waals surface area contributed by atoms with E-state index in [1.807, 2.05) is 28.8 Å². The van der Waals surface area contributed by atoms with Crippen molar-refractivity contribution >= 4 is 16.9 Å². The van der Waals surface area contributed by atoms with Crippen LogP contribution in [0.3, 0.4) is 0 Å². The zero-order valence-corrected chi connectivity index (χ0v) is 16.5. The molecule has 5 heteroatoms. The number of carbonyl (C=O) groups excluding carboxylic acids is 1. The van der Waals surface area contributed by atoms with Crippen LogP contribution in [0, 0.1) is 0 Å². The van der Waals surface area contributed by atoms with Gasteiger partial charge in [-0.15, -0.1) is 0 Å². The quantitative estimate of drug-likeness (QED) is 0.677. The number of imidazole rings is 1. The molecule has 0 saturated heterocycles. The molecule has 1 N–H and O–H groups in total. The lowest BCUT2D eigenvalue weighted by molar-refractivity contribution is -0.121. The molecule has 2 aromatic carbocycles. The van der Waals surface area contributed by atoms with Crippen LogP contribution in [0.5, 0.6) is 0 Å². The van der Waals surface area contributed by atoms with Gasteiger partial charge in [-0.3, -0.25) is 4.79 Å². The molecule has 5 nitrogen and oxygen atoms in total. The van der Waals surface area contributed by atoms with Crippen molar-refractivity contribution in [3.05, 3.63) is 54.1 Å². The number of para-hydroxylation sites is 2. The Balaban J connectivity index is 1.96. The fourth-order valence-corrected chi connectivity index (χ4v) is 3.07. The minimum atomic E-state index is -0.0530. The van der Waals surface area contributed by atoms with Gasteiger partial charge in [-0.05, 0) is 23.1 Å². The van der Waals surface area contributed by atoms with E-state index in [2.05, 4.69) is 50.4 Å². The van der Waals surface area contributed by atoms with Crippen molar-refractivity contribution in [3.8, 4) is 11.4 Å². The highest BCUT2D eigenvalue weighted by Crippen LogP contribution is 2.28. The molecule has 3 rings (SSSR count). The number of fused-ring (bicyclic) bond motifs is 1. The molecule has 0 fully saturated rings. The number of hydrogen-bond donors (Lipinski definition) is 1. The summed E-state index contributed by atoms with van der Waals surface area (Å²) in [6.45, 7) is 7.81. The van der Waals surface area contributed by atoms with Crippen molar-refractivity contribution in [1.82, 2.24) is 14.9 Å². The van der Waals surface area contributed by atoms with E-state index in [9.17, 15) is 4.79 Å². The molecule has 0 saturated carbocycles. The molecule has 142 valence electrons. The number of nitrogens with one attached hydrogen (secondary N) is 1. The Morgan fingerprint density at radius 3 is 2.48 bits per heavy atom. The molecular weight excluding hydrogens is 338 g/mol. The number of ether oxygens (including phenoxy) is 1. The summed E-state index contributed by atoms with van der Waals surface area (Å²) in [5.74, 6) is 0.751. The van der Waals surface area contributed by atoms with Crippen LogP contribution in [0.4, 0.5) is 0 Å². The molecule has 27 heavy (non-hydrogen) atoms. The van der Waals surface area contributed by atoms with Gasteiger partial charge in [0.25, 0.3) is 0 Å². The van der Waals surface area contributed by atoms with Gasteiger partial charge >= 0.3 is 0 Å². The van der Waals surface area contributed by atoms with Gasteiger partial charge in [0.1, 0.15) is 12.4 Å². The number of methoxy groups -OCH3 is 1. The van der Waals surface area contributed by atoms with Gasteiger partial charge in [0.2, 0.25) is 5.91 Å². The predicted molar refractivity (Wildman–Crippen MR) is 109 cm³/mol. The highest BCUT2D eigenvalue weighted by atomic mass is 16.5. The number of hydrogen-bond acceptors (Lipinski definition) is 3. The van der Waals surface area contributed by atoms with Crippen LogP contribution in [-0.2, 0) is 21.5 Å². The Morgan fingerprint density at radius 2 is 1.81 bits per heavy atom. The van der Waals surface area contributed by atoms with Gasteiger partial charge in [-0.25, -0.2) is 4.98 Å². The first-order chi connectivity index (χ1) is 12.9. The van der Waals surface area contributed by atoms with Gasteiger partial charge < -0.3 is 14.6 Å². The Labute approximate surface area is 160 Å². The molecule has 0 aliphatic carbocycles. The van der Waals surface area contributed by atoms with Crippen LogP contribution in [0.15, 0.2) is 48.5 Å². The van der Waals surface area contributed by atoms with Gasteiger partial charge in [0, 0.05) is 19.2 Å². The lowest BCUT2D eigenvalue weighted by Gasteiger charge is -2.19. The molecule has 0 aliphatic rings. The zero-order valence-electron chi connectivity index (χ0n) is 16.5. The molecular formula is C22H27N3O2. The third kappa shape index (κ3) is 4.37. The maximum atomic E-state index is 12.4. The van der Waals surface area contributed by atoms with Gasteiger partial charge in [0.05, 0.1) is 17.6 Å². The second-order valence-electron chi connectivity index (χ2n) is 7.68. The van der Waals surface area contributed by atoms with Gasteiger partial charge in [-0.1, -0.05) is 57.2 Å². The SMILES string of the molecule is COCCNC(=O)Cn1c(-c2ccc(C(C)(C)C)cc2)nc2ccccc21. The normalized spacial score (nSPS) is 11.7. The highest BCUT2D eigenvalue weighted by Gasteiger charge is 2.17. The van der Waals surface area contributed by atoms with E-state index >= 15 is 0 Å². The van der Waals surface area contributed by atoms with Crippen LogP contribution in [-0.4, -0.2) is 35.7 Å². The van der Waals surface area contributed by atoms with Crippen molar-refractivity contribution in [2.45, 2.75) is 32.7 Å². The van der Waals surface area contributed by atoms with Crippen LogP contribution in [0.25, 0.3) is 22.4 Å². The predicted octanol–water partition coefficient (Wildman–Crippen LogP) is 3.76. The van der Waals surface area contributed by atoms with Crippen molar-refractivity contribution in [2.24, 2.45) is 0 Å². The number of aromatic nitrogens is 2. The first-order valence-electron chi connectivity index (χ1n) is 9.22. The molecule has 0 unspecified atom stereocenters. The first kappa shape index (κ1) is 19.1. The molecule has 0 radical (unpaired) electrons. The van der Waals surface area contributed by atoms with Crippen LogP contribution in [0.2, 0.25) is 0 Å². The average molecular weight is 365 g/mol. The van der Waals surface area contributed by atoms with Gasteiger partial charge in [-0.2, -0.15) is 0 Å². The molecule has 0 bridgehead atoms. The molecule has 1 amide bonds. The zero-order chi connectivity index (χ0) is 19.4. The number of rotatable bonds is 6. The smallest absolute Gasteiger partial charge is 0.240 e. The summed E-state index contributed by atoms with van der Waals surface area (Å²) in [7, 11) is 1.62. The summed E-state index contributed by atoms with van der Waals surface area (Å²) < 4.78 is 6.97. The van der Waals surface area contributed by atoms with Crippen LogP contribution < -0.4 is 5.32 Å². The minimum absolute atomic E-state index is 0.0530. The summed E-state index contributed by atoms with van der Waals surface area (Å²) in [5, 5.41) is 2.88. The van der Waals surface area contributed by atoms with E-state index in [1.54, 1.807) is 7.11 Å². The largest absolute Gasteiger partial charge is 0.383 e. The number of nitrogens with zero attached hydrogens (tertiary/aromatic N) is 2. The van der Waals surface area contributed by atoms with E-state index in [-0.39, 0.29) is 17.9 Å². The summed E-state index contributed by atoms with van der Waals surface area (Å²) in [6.07, 6.45) is 0. The summed E-state index contributed by atoms with van der Waals surface area (Å²) >= 11 is 0. The Hall–Kier alpha value is -2.66. The van der Waals surface area contributed by atoms with Crippen molar-refractivity contribution in [2.75, 3.05) is 20.3 Å². The highest BCUT2D eigenvalue weighted by molar-refractivity contribution is 5.84. The van der Waals surface area contributed by atoms with Crippen molar-refractivity contribution in [1.29, 1.82) is 0 Å². The van der Waals surface area contributed by atoms with Crippen LogP contribution >= 0.6 is 0 Å². The number of carbonyl (C=O) groups is 1. The Morgan fingerprint density at radius 1 is 1.11 bits per heavy atom. The van der Waals surface area contributed by atoms with Crippen molar-refractivity contribution < 1.29 is 9.53 Å². The molecule has 1 aromatic heterocycles. The fraction of sp³-hybridized carbons (Fsp3) is 0.364. The van der Waals surface area contributed by atoms with Gasteiger partial charge in [0.15, 0.2) is 0 Å². The molecule has 1 heterocycles. The fourth-order valence-electron chi connectivity index (χ4n) is 3.07. The standard InChI is InChI=1S/C22H27N3O2/c1-22(2,3)17-11-9-16(10-12-17)21-24-18-7-5-6-8-19(18)25(21)15-20(26)23-13-14-27-4/h5-12H,13-15H2,1-4H3,(H,23,26). The maximum Gasteiger partial charge on any atom is 0.240 e. The minimum Gasteiger partial charge on any atom is -0.383 e. The third-order valence-electron chi connectivity index (χ3n) is 4.59. The summed E-state index contributed by atoms with van der Waals surface area (Å²) in [5.41, 5.74) is 4.21. The third-order valence-corrected chi connectivity index (χ3v) is 4.59. The van der Waals surface area contributed by atoms with Crippen LogP contribution in [0.1, 0.15) is 26.3 Å². The second-order valence-corrected chi connectivity index (χ2v) is 7.68.